The van der Waals surface area contributed by atoms with E-state index < -0.39 is 8.32 Å². The highest BCUT2D eigenvalue weighted by atomic mass is 28.4. The molecular weight excluding hydrogens is 336 g/mol. The summed E-state index contributed by atoms with van der Waals surface area (Å²) in [6.45, 7) is 15.6. The van der Waals surface area contributed by atoms with Crippen molar-refractivity contribution in [2.75, 3.05) is 0 Å². The second kappa shape index (κ2) is 8.12. The van der Waals surface area contributed by atoms with Crippen molar-refractivity contribution in [2.24, 2.45) is 17.8 Å². The van der Waals surface area contributed by atoms with E-state index in [0.717, 1.165) is 18.6 Å². The number of Topliss-reactive ketones (excluding diaryl/α,β-unsaturated/α-hetero) is 1. The van der Waals surface area contributed by atoms with Crippen molar-refractivity contribution < 1.29 is 9.22 Å². The van der Waals surface area contributed by atoms with Crippen LogP contribution in [-0.4, -0.2) is 14.1 Å². The van der Waals surface area contributed by atoms with E-state index in [-0.39, 0.29) is 16.9 Å². The predicted octanol–water partition coefficient (Wildman–Crippen LogP) is 6.39. The van der Waals surface area contributed by atoms with Crippen LogP contribution in [0.5, 0.6) is 0 Å². The molecule has 0 fully saturated rings. The summed E-state index contributed by atoms with van der Waals surface area (Å²) in [4.78, 5) is 12.5. The van der Waals surface area contributed by atoms with Gasteiger partial charge in [-0.05, 0) is 48.5 Å². The van der Waals surface area contributed by atoms with E-state index in [1.54, 1.807) is 0 Å². The predicted molar refractivity (Wildman–Crippen MR) is 113 cm³/mol. The monoisotopic (exact) mass is 372 g/mol. The quantitative estimate of drug-likeness (QED) is 0.541. The summed E-state index contributed by atoms with van der Waals surface area (Å²) in [6, 6.07) is 10.6. The zero-order chi connectivity index (χ0) is 19.5. The maximum atomic E-state index is 12.5. The standard InChI is InChI=1S/C23H36O2Si/c1-8-21(24)20-16-19(15-18-12-10-9-11-13-18)22(14-17(20)2)25-26(6,7)23(3,4)5/h9-14,17,19-20H,8,15-16H2,1-7H3/t17-,19-,20+/m0/s1. The van der Waals surface area contributed by atoms with Crippen LogP contribution < -0.4 is 0 Å². The minimum atomic E-state index is -1.89. The summed E-state index contributed by atoms with van der Waals surface area (Å²) in [6.07, 6.45) is 4.74. The summed E-state index contributed by atoms with van der Waals surface area (Å²) in [5.41, 5.74) is 1.32. The smallest absolute Gasteiger partial charge is 0.250 e. The molecule has 1 aromatic rings. The van der Waals surface area contributed by atoms with E-state index >= 15 is 0 Å². The first-order chi connectivity index (χ1) is 12.0. The molecule has 3 heteroatoms. The fraction of sp³-hybridized carbons (Fsp3) is 0.609. The normalized spacial score (nSPS) is 24.1. The van der Waals surface area contributed by atoms with Crippen molar-refractivity contribution in [1.82, 2.24) is 0 Å². The van der Waals surface area contributed by atoms with E-state index in [0.29, 0.717) is 18.1 Å². The Balaban J connectivity index is 2.32. The van der Waals surface area contributed by atoms with E-state index in [9.17, 15) is 4.79 Å². The minimum absolute atomic E-state index is 0.125. The third kappa shape index (κ3) is 4.88. The van der Waals surface area contributed by atoms with E-state index in [4.69, 9.17) is 4.43 Å². The Morgan fingerprint density at radius 1 is 1.19 bits per heavy atom. The Morgan fingerprint density at radius 3 is 2.35 bits per heavy atom. The highest BCUT2D eigenvalue weighted by molar-refractivity contribution is 6.74. The Bertz CT molecular complexity index is 640. The lowest BCUT2D eigenvalue weighted by molar-refractivity contribution is -0.124. The molecule has 1 aliphatic carbocycles. The van der Waals surface area contributed by atoms with Gasteiger partial charge in [-0.25, -0.2) is 0 Å². The largest absolute Gasteiger partial charge is 0.547 e. The molecule has 144 valence electrons. The van der Waals surface area contributed by atoms with E-state index in [2.05, 4.69) is 77.2 Å². The molecule has 0 bridgehead atoms. The molecule has 0 aliphatic heterocycles. The molecule has 0 spiro atoms. The second-order valence-corrected chi connectivity index (χ2v) is 14.1. The third-order valence-electron chi connectivity index (χ3n) is 6.27. The van der Waals surface area contributed by atoms with Crippen molar-refractivity contribution in [3.63, 3.8) is 0 Å². The summed E-state index contributed by atoms with van der Waals surface area (Å²) in [7, 11) is -1.89. The molecule has 0 N–H and O–H groups in total. The molecule has 1 aromatic carbocycles. The highest BCUT2D eigenvalue weighted by Crippen LogP contribution is 2.43. The molecule has 0 aromatic heterocycles. The van der Waals surface area contributed by atoms with Gasteiger partial charge in [0, 0.05) is 18.3 Å². The Hall–Kier alpha value is -1.35. The van der Waals surface area contributed by atoms with Gasteiger partial charge in [0.05, 0.1) is 5.76 Å². The number of allylic oxidation sites excluding steroid dienone is 2. The molecule has 2 nitrogen and oxygen atoms in total. The number of carbonyl (C=O) groups excluding carboxylic acids is 1. The molecule has 1 aliphatic rings. The van der Waals surface area contributed by atoms with Crippen molar-refractivity contribution in [2.45, 2.75) is 72.0 Å². The van der Waals surface area contributed by atoms with Gasteiger partial charge in [-0.1, -0.05) is 65.0 Å². The third-order valence-corrected chi connectivity index (χ3v) is 10.6. The van der Waals surface area contributed by atoms with Crippen molar-refractivity contribution in [3.8, 4) is 0 Å². The Kier molecular flexibility index (Phi) is 6.54. The first-order valence-electron chi connectivity index (χ1n) is 10.0. The van der Waals surface area contributed by atoms with Crippen LogP contribution in [0.15, 0.2) is 42.2 Å². The number of hydrogen-bond donors (Lipinski definition) is 0. The van der Waals surface area contributed by atoms with Crippen molar-refractivity contribution in [3.05, 3.63) is 47.7 Å². The number of hydrogen-bond acceptors (Lipinski definition) is 2. The van der Waals surface area contributed by atoms with Crippen molar-refractivity contribution >= 4 is 14.1 Å². The summed E-state index contributed by atoms with van der Waals surface area (Å²) >= 11 is 0. The molecule has 3 atom stereocenters. The average Bonchev–Trinajstić information content (AvgIpc) is 2.56. The Morgan fingerprint density at radius 2 is 1.81 bits per heavy atom. The van der Waals surface area contributed by atoms with Gasteiger partial charge in [-0.15, -0.1) is 0 Å². The van der Waals surface area contributed by atoms with Crippen LogP contribution in [0.1, 0.15) is 53.0 Å². The maximum Gasteiger partial charge on any atom is 0.250 e. The lowest BCUT2D eigenvalue weighted by Gasteiger charge is -2.42. The molecule has 0 unspecified atom stereocenters. The van der Waals surface area contributed by atoms with Gasteiger partial charge in [0.15, 0.2) is 0 Å². The van der Waals surface area contributed by atoms with Gasteiger partial charge < -0.3 is 4.43 Å². The molecule has 0 amide bonds. The molecule has 0 radical (unpaired) electrons. The fourth-order valence-electron chi connectivity index (χ4n) is 3.48. The van der Waals surface area contributed by atoms with Gasteiger partial charge in [-0.2, -0.15) is 0 Å². The summed E-state index contributed by atoms with van der Waals surface area (Å²) in [5.74, 6) is 2.20. The lowest BCUT2D eigenvalue weighted by Crippen LogP contribution is -2.42. The molecule has 0 heterocycles. The van der Waals surface area contributed by atoms with Gasteiger partial charge in [0.2, 0.25) is 8.32 Å². The van der Waals surface area contributed by atoms with Crippen LogP contribution >= 0.6 is 0 Å². The summed E-state index contributed by atoms with van der Waals surface area (Å²) < 4.78 is 6.75. The zero-order valence-electron chi connectivity index (χ0n) is 17.6. The van der Waals surface area contributed by atoms with Crippen LogP contribution in [0.25, 0.3) is 0 Å². The molecule has 0 saturated heterocycles. The molecule has 2 rings (SSSR count). The fourth-order valence-corrected chi connectivity index (χ4v) is 4.61. The highest BCUT2D eigenvalue weighted by Gasteiger charge is 2.42. The SMILES string of the molecule is CCC(=O)[C@@H]1C[C@H](Cc2ccccc2)C(O[Si](C)(C)C(C)(C)C)=C[C@@H]1C. The summed E-state index contributed by atoms with van der Waals surface area (Å²) in [5, 5.41) is 0.171. The van der Waals surface area contributed by atoms with Gasteiger partial charge in [-0.3, -0.25) is 4.79 Å². The first kappa shape index (κ1) is 21.0. The number of ketones is 1. The molecule has 0 saturated carbocycles. The molecule has 26 heavy (non-hydrogen) atoms. The minimum Gasteiger partial charge on any atom is -0.547 e. The van der Waals surface area contributed by atoms with Gasteiger partial charge in [0.1, 0.15) is 5.78 Å². The maximum absolute atomic E-state index is 12.5. The first-order valence-corrected chi connectivity index (χ1v) is 12.9. The number of rotatable bonds is 6. The Labute approximate surface area is 161 Å². The van der Waals surface area contributed by atoms with E-state index in [1.165, 1.54) is 5.56 Å². The average molecular weight is 373 g/mol. The van der Waals surface area contributed by atoms with Crippen LogP contribution in [-0.2, 0) is 15.6 Å². The van der Waals surface area contributed by atoms with Crippen LogP contribution in [0.2, 0.25) is 18.1 Å². The van der Waals surface area contributed by atoms with E-state index in [1.807, 2.05) is 6.92 Å². The zero-order valence-corrected chi connectivity index (χ0v) is 18.6. The van der Waals surface area contributed by atoms with Crippen molar-refractivity contribution in [1.29, 1.82) is 0 Å². The number of benzene rings is 1. The lowest BCUT2D eigenvalue weighted by atomic mass is 9.74. The van der Waals surface area contributed by atoms with Gasteiger partial charge >= 0.3 is 0 Å². The van der Waals surface area contributed by atoms with Crippen LogP contribution in [0, 0.1) is 17.8 Å². The van der Waals surface area contributed by atoms with Crippen LogP contribution in [0.3, 0.4) is 0 Å². The molecular formula is C23H36O2Si. The topological polar surface area (TPSA) is 26.3 Å². The van der Waals surface area contributed by atoms with Crippen LogP contribution in [0.4, 0.5) is 0 Å². The number of carbonyl (C=O) groups is 1. The van der Waals surface area contributed by atoms with Gasteiger partial charge in [0.25, 0.3) is 0 Å². The second-order valence-electron chi connectivity index (χ2n) is 9.34.